The molecule has 17 heavy (non-hydrogen) atoms. The molecule has 0 N–H and O–H groups in total. The van der Waals surface area contributed by atoms with Gasteiger partial charge in [-0.05, 0) is 17.7 Å². The first-order valence-electron chi connectivity index (χ1n) is 5.06. The zero-order valence-electron chi connectivity index (χ0n) is 9.17. The van der Waals surface area contributed by atoms with E-state index in [9.17, 15) is 0 Å². The van der Waals surface area contributed by atoms with Crippen molar-refractivity contribution in [3.05, 3.63) is 65.7 Å². The number of nitrogens with zero attached hydrogens (tertiary/aromatic N) is 1. The molecule has 0 aliphatic heterocycles. The molecular formula is C14H12BrNS. The lowest BCUT2D eigenvalue weighted by molar-refractivity contribution is 1.34. The van der Waals surface area contributed by atoms with Crippen LogP contribution in [0.15, 0.2) is 59.5 Å². The summed E-state index contributed by atoms with van der Waals surface area (Å²) in [5.74, 6) is 0.902. The van der Waals surface area contributed by atoms with Crippen LogP contribution in [0.25, 0.3) is 0 Å². The Balaban J connectivity index is 0.00000144. The van der Waals surface area contributed by atoms with Gasteiger partial charge >= 0.3 is 0 Å². The lowest BCUT2D eigenvalue weighted by Gasteiger charge is -2.03. The summed E-state index contributed by atoms with van der Waals surface area (Å²) in [5.41, 5.74) is 2.03. The third-order valence-corrected chi connectivity index (χ3v) is 3.39. The second-order valence-electron chi connectivity index (χ2n) is 3.38. The molecule has 0 saturated heterocycles. The van der Waals surface area contributed by atoms with Crippen LogP contribution in [-0.2, 0) is 5.75 Å². The summed E-state index contributed by atoms with van der Waals surface area (Å²) >= 11 is 1.70. The minimum atomic E-state index is 0. The normalized spacial score (nSPS) is 9.12. The molecule has 2 aromatic carbocycles. The molecule has 0 fully saturated rings. The van der Waals surface area contributed by atoms with Gasteiger partial charge < -0.3 is 0 Å². The molecule has 0 aromatic heterocycles. The van der Waals surface area contributed by atoms with Gasteiger partial charge in [-0.15, -0.1) is 28.7 Å². The van der Waals surface area contributed by atoms with Crippen molar-refractivity contribution in [3.8, 4) is 6.07 Å². The van der Waals surface area contributed by atoms with Gasteiger partial charge in [-0.25, -0.2) is 0 Å². The molecule has 2 aromatic rings. The third-order valence-electron chi connectivity index (χ3n) is 2.24. The Morgan fingerprint density at radius 3 is 2.29 bits per heavy atom. The van der Waals surface area contributed by atoms with Crippen LogP contribution in [-0.4, -0.2) is 0 Å². The first-order valence-corrected chi connectivity index (χ1v) is 6.04. The van der Waals surface area contributed by atoms with Crippen LogP contribution in [0.4, 0.5) is 0 Å². The summed E-state index contributed by atoms with van der Waals surface area (Å²) in [5, 5.41) is 8.95. The zero-order chi connectivity index (χ0) is 11.2. The summed E-state index contributed by atoms with van der Waals surface area (Å²) in [7, 11) is 0. The van der Waals surface area contributed by atoms with E-state index in [4.69, 9.17) is 5.26 Å². The maximum Gasteiger partial charge on any atom is 0.100 e. The van der Waals surface area contributed by atoms with E-state index in [-0.39, 0.29) is 17.0 Å². The minimum absolute atomic E-state index is 0. The smallest absolute Gasteiger partial charge is 0.100 e. The maximum atomic E-state index is 8.95. The number of halogens is 1. The fourth-order valence-corrected chi connectivity index (χ4v) is 2.38. The Bertz CT molecular complexity index is 505. The van der Waals surface area contributed by atoms with Gasteiger partial charge in [0.1, 0.15) is 6.07 Å². The van der Waals surface area contributed by atoms with E-state index < -0.39 is 0 Å². The van der Waals surface area contributed by atoms with E-state index in [1.807, 2.05) is 42.5 Å². The number of thioether (sulfide) groups is 1. The highest BCUT2D eigenvalue weighted by atomic mass is 79.9. The minimum Gasteiger partial charge on any atom is -0.192 e. The number of benzene rings is 2. The van der Waals surface area contributed by atoms with Gasteiger partial charge in [0.15, 0.2) is 0 Å². The van der Waals surface area contributed by atoms with E-state index in [1.54, 1.807) is 11.8 Å². The van der Waals surface area contributed by atoms with Crippen molar-refractivity contribution < 1.29 is 0 Å². The summed E-state index contributed by atoms with van der Waals surface area (Å²) in [6, 6.07) is 20.2. The Morgan fingerprint density at radius 2 is 1.59 bits per heavy atom. The molecule has 0 spiro atoms. The molecule has 86 valence electrons. The van der Waals surface area contributed by atoms with E-state index >= 15 is 0 Å². The molecule has 0 bridgehead atoms. The molecular weight excluding hydrogens is 294 g/mol. The van der Waals surface area contributed by atoms with Crippen LogP contribution in [0.1, 0.15) is 11.1 Å². The molecule has 1 nitrogen and oxygen atoms in total. The van der Waals surface area contributed by atoms with Crippen LogP contribution in [0.3, 0.4) is 0 Å². The number of rotatable bonds is 3. The van der Waals surface area contributed by atoms with E-state index in [0.29, 0.717) is 0 Å². The van der Waals surface area contributed by atoms with Gasteiger partial charge in [0, 0.05) is 10.6 Å². The SMILES string of the molecule is Br.N#Cc1ccccc1SCc1ccccc1. The Morgan fingerprint density at radius 1 is 0.941 bits per heavy atom. The number of hydrogen-bond donors (Lipinski definition) is 0. The molecule has 0 aliphatic carbocycles. The third kappa shape index (κ3) is 3.92. The molecule has 0 atom stereocenters. The van der Waals surface area contributed by atoms with Crippen molar-refractivity contribution in [2.24, 2.45) is 0 Å². The molecule has 0 unspecified atom stereocenters. The van der Waals surface area contributed by atoms with E-state index in [0.717, 1.165) is 16.2 Å². The lowest BCUT2D eigenvalue weighted by Crippen LogP contribution is -1.82. The van der Waals surface area contributed by atoms with E-state index in [2.05, 4.69) is 18.2 Å². The van der Waals surface area contributed by atoms with Gasteiger partial charge in [0.2, 0.25) is 0 Å². The molecule has 0 saturated carbocycles. The van der Waals surface area contributed by atoms with Crippen LogP contribution in [0.2, 0.25) is 0 Å². The summed E-state index contributed by atoms with van der Waals surface area (Å²) in [6.07, 6.45) is 0. The fourth-order valence-electron chi connectivity index (χ4n) is 1.42. The molecule has 3 heteroatoms. The van der Waals surface area contributed by atoms with Crippen LogP contribution in [0.5, 0.6) is 0 Å². The van der Waals surface area contributed by atoms with Gasteiger partial charge in [-0.3, -0.25) is 0 Å². The van der Waals surface area contributed by atoms with Crippen LogP contribution >= 0.6 is 28.7 Å². The highest BCUT2D eigenvalue weighted by molar-refractivity contribution is 8.93. The second-order valence-corrected chi connectivity index (χ2v) is 4.40. The summed E-state index contributed by atoms with van der Waals surface area (Å²) < 4.78 is 0. The van der Waals surface area contributed by atoms with Crippen molar-refractivity contribution in [2.45, 2.75) is 10.6 Å². The second kappa shape index (κ2) is 7.16. The molecule has 0 amide bonds. The standard InChI is InChI=1S/C14H11NS.BrH/c15-10-13-8-4-5-9-14(13)16-11-12-6-2-1-3-7-12;/h1-9H,11H2;1H. The van der Waals surface area contributed by atoms with Crippen molar-refractivity contribution >= 4 is 28.7 Å². The number of hydrogen-bond acceptors (Lipinski definition) is 2. The summed E-state index contributed by atoms with van der Waals surface area (Å²) in [4.78, 5) is 1.05. The predicted molar refractivity (Wildman–Crippen MR) is 77.5 cm³/mol. The van der Waals surface area contributed by atoms with Gasteiger partial charge in [0.05, 0.1) is 5.56 Å². The monoisotopic (exact) mass is 305 g/mol. The molecule has 0 radical (unpaired) electrons. The molecule has 0 aliphatic rings. The predicted octanol–water partition coefficient (Wildman–Crippen LogP) is 4.43. The van der Waals surface area contributed by atoms with Crippen molar-refractivity contribution in [1.82, 2.24) is 0 Å². The maximum absolute atomic E-state index is 8.95. The Labute approximate surface area is 116 Å². The largest absolute Gasteiger partial charge is 0.192 e. The first kappa shape index (κ1) is 13.8. The van der Waals surface area contributed by atoms with Crippen molar-refractivity contribution in [1.29, 1.82) is 5.26 Å². The first-order chi connectivity index (χ1) is 7.90. The highest BCUT2D eigenvalue weighted by Crippen LogP contribution is 2.25. The molecule has 2 rings (SSSR count). The van der Waals surface area contributed by atoms with Gasteiger partial charge in [-0.2, -0.15) is 5.26 Å². The Hall–Kier alpha value is -1.24. The molecule has 0 heterocycles. The van der Waals surface area contributed by atoms with Crippen LogP contribution < -0.4 is 0 Å². The number of nitriles is 1. The quantitative estimate of drug-likeness (QED) is 0.783. The van der Waals surface area contributed by atoms with Crippen LogP contribution in [0, 0.1) is 11.3 Å². The van der Waals surface area contributed by atoms with Gasteiger partial charge in [0.25, 0.3) is 0 Å². The highest BCUT2D eigenvalue weighted by Gasteiger charge is 2.01. The fraction of sp³-hybridized carbons (Fsp3) is 0.0714. The zero-order valence-corrected chi connectivity index (χ0v) is 11.7. The van der Waals surface area contributed by atoms with Crippen molar-refractivity contribution in [3.63, 3.8) is 0 Å². The average Bonchev–Trinajstić information content (AvgIpc) is 2.38. The van der Waals surface area contributed by atoms with Gasteiger partial charge in [-0.1, -0.05) is 42.5 Å². The average molecular weight is 306 g/mol. The summed E-state index contributed by atoms with van der Waals surface area (Å²) in [6.45, 7) is 0. The lowest BCUT2D eigenvalue weighted by atomic mass is 10.2. The van der Waals surface area contributed by atoms with E-state index in [1.165, 1.54) is 5.56 Å². The van der Waals surface area contributed by atoms with Crippen molar-refractivity contribution in [2.75, 3.05) is 0 Å². The topological polar surface area (TPSA) is 23.8 Å². The Kier molecular flexibility index (Phi) is 5.82.